The number of hydrogen-bond acceptors (Lipinski definition) is 5. The third kappa shape index (κ3) is 4.46. The number of nitrogens with zero attached hydrogens (tertiary/aromatic N) is 6. The second-order valence-electron chi connectivity index (χ2n) is 5.88. The fourth-order valence-electron chi connectivity index (χ4n) is 2.46. The highest BCUT2D eigenvalue weighted by atomic mass is 79.9. The van der Waals surface area contributed by atoms with Crippen LogP contribution in [0.25, 0.3) is 0 Å². The maximum absolute atomic E-state index is 12.4. The summed E-state index contributed by atoms with van der Waals surface area (Å²) in [6, 6.07) is 11.0. The number of anilines is 1. The Morgan fingerprint density at radius 3 is 2.71 bits per heavy atom. The Morgan fingerprint density at radius 2 is 1.93 bits per heavy atom. The van der Waals surface area contributed by atoms with Gasteiger partial charge < -0.3 is 10.1 Å². The van der Waals surface area contributed by atoms with Gasteiger partial charge in [-0.15, -0.1) is 0 Å². The first-order valence-corrected chi connectivity index (χ1v) is 9.18. The quantitative estimate of drug-likeness (QED) is 0.475. The third-order valence-corrected chi connectivity index (χ3v) is 4.32. The number of hydrogen-bond donors (Lipinski definition) is 1. The Bertz CT molecular complexity index is 1050. The number of carbonyl (C=O) groups is 1. The number of benzene rings is 1. The Morgan fingerprint density at radius 1 is 1.07 bits per heavy atom. The second-order valence-corrected chi connectivity index (χ2v) is 6.79. The van der Waals surface area contributed by atoms with Crippen molar-refractivity contribution in [3.63, 3.8) is 0 Å². The summed E-state index contributed by atoms with van der Waals surface area (Å²) in [6.45, 7) is 0.668. The van der Waals surface area contributed by atoms with Gasteiger partial charge in [0.2, 0.25) is 0 Å². The monoisotopic (exact) mass is 441 g/mol. The molecule has 1 amide bonds. The normalized spacial score (nSPS) is 10.8. The molecule has 9 nitrogen and oxygen atoms in total. The number of amides is 1. The molecule has 3 heterocycles. The fourth-order valence-corrected chi connectivity index (χ4v) is 2.72. The molecule has 0 radical (unpaired) electrons. The maximum atomic E-state index is 12.4. The van der Waals surface area contributed by atoms with Crippen LogP contribution in [0.2, 0.25) is 0 Å². The minimum absolute atomic E-state index is 0.232. The van der Waals surface area contributed by atoms with Crippen LogP contribution in [-0.4, -0.2) is 35.2 Å². The van der Waals surface area contributed by atoms with Crippen molar-refractivity contribution in [3.8, 4) is 5.75 Å². The summed E-state index contributed by atoms with van der Waals surface area (Å²) < 4.78 is 11.6. The van der Waals surface area contributed by atoms with E-state index in [2.05, 4.69) is 36.5 Å². The molecule has 0 atom stereocenters. The van der Waals surface area contributed by atoms with Gasteiger partial charge in [-0.1, -0.05) is 15.9 Å². The molecular weight excluding hydrogens is 426 g/mol. The minimum Gasteiger partial charge on any atom is -0.471 e. The zero-order valence-corrected chi connectivity index (χ0v) is 16.2. The van der Waals surface area contributed by atoms with E-state index in [9.17, 15) is 4.79 Å². The zero-order chi connectivity index (χ0) is 19.3. The van der Waals surface area contributed by atoms with Crippen LogP contribution >= 0.6 is 15.9 Å². The Kier molecular flexibility index (Phi) is 5.20. The average molecular weight is 442 g/mol. The molecule has 0 saturated carbocycles. The number of ether oxygens (including phenoxy) is 1. The van der Waals surface area contributed by atoms with Crippen LogP contribution in [0, 0.1) is 0 Å². The number of carbonyl (C=O) groups excluding carboxylic acids is 1. The summed E-state index contributed by atoms with van der Waals surface area (Å²) >= 11 is 3.38. The smallest absolute Gasteiger partial charge is 0.276 e. The first-order chi connectivity index (χ1) is 13.7. The van der Waals surface area contributed by atoms with Crippen LogP contribution in [-0.2, 0) is 13.4 Å². The molecule has 0 spiro atoms. The number of aromatic nitrogens is 6. The minimum atomic E-state index is -0.312. The maximum Gasteiger partial charge on any atom is 0.276 e. The van der Waals surface area contributed by atoms with Crippen molar-refractivity contribution in [2.24, 2.45) is 0 Å². The molecule has 0 saturated heterocycles. The molecule has 1 aromatic carbocycles. The van der Waals surface area contributed by atoms with E-state index in [0.717, 1.165) is 10.2 Å². The molecular formula is C18H16BrN7O2. The van der Waals surface area contributed by atoms with Gasteiger partial charge in [0.15, 0.2) is 12.4 Å². The molecule has 0 aliphatic rings. The highest BCUT2D eigenvalue weighted by Crippen LogP contribution is 2.16. The van der Waals surface area contributed by atoms with Crippen molar-refractivity contribution in [3.05, 3.63) is 77.5 Å². The Hall–Kier alpha value is -3.40. The van der Waals surface area contributed by atoms with Crippen molar-refractivity contribution < 1.29 is 9.53 Å². The van der Waals surface area contributed by atoms with Gasteiger partial charge >= 0.3 is 0 Å². The fraction of sp³-hybridized carbons (Fsp3) is 0.111. The molecule has 142 valence electrons. The molecule has 0 fully saturated rings. The van der Waals surface area contributed by atoms with Crippen LogP contribution in [0.1, 0.15) is 10.5 Å². The van der Waals surface area contributed by atoms with Crippen LogP contribution in [0.15, 0.2) is 71.9 Å². The zero-order valence-electron chi connectivity index (χ0n) is 14.6. The molecule has 0 bridgehead atoms. The van der Waals surface area contributed by atoms with Crippen LogP contribution in [0.5, 0.6) is 5.75 Å². The summed E-state index contributed by atoms with van der Waals surface area (Å²) in [5.41, 5.74) is 0.872. The van der Waals surface area contributed by atoms with Crippen molar-refractivity contribution in [1.82, 2.24) is 29.3 Å². The first kappa shape index (κ1) is 18.0. The van der Waals surface area contributed by atoms with E-state index in [0.29, 0.717) is 18.1 Å². The van der Waals surface area contributed by atoms with Gasteiger partial charge in [-0.2, -0.15) is 15.3 Å². The van der Waals surface area contributed by atoms with Crippen LogP contribution < -0.4 is 10.1 Å². The Labute approximate surface area is 168 Å². The highest BCUT2D eigenvalue weighted by molar-refractivity contribution is 9.10. The predicted molar refractivity (Wildman–Crippen MR) is 105 cm³/mol. The van der Waals surface area contributed by atoms with Gasteiger partial charge in [0.05, 0.1) is 18.1 Å². The molecule has 3 aromatic heterocycles. The van der Waals surface area contributed by atoms with Gasteiger partial charge in [0, 0.05) is 23.1 Å². The van der Waals surface area contributed by atoms with Gasteiger partial charge in [-0.25, -0.2) is 4.68 Å². The largest absolute Gasteiger partial charge is 0.471 e. The predicted octanol–water partition coefficient (Wildman–Crippen LogP) is 2.83. The van der Waals surface area contributed by atoms with Gasteiger partial charge in [-0.3, -0.25) is 14.2 Å². The topological polar surface area (TPSA) is 91.8 Å². The lowest BCUT2D eigenvalue weighted by Crippen LogP contribution is -2.14. The van der Waals surface area contributed by atoms with E-state index in [4.69, 9.17) is 4.74 Å². The molecule has 28 heavy (non-hydrogen) atoms. The molecule has 0 unspecified atom stereocenters. The van der Waals surface area contributed by atoms with Crippen LogP contribution in [0.3, 0.4) is 0 Å². The lowest BCUT2D eigenvalue weighted by molar-refractivity contribution is 0.102. The summed E-state index contributed by atoms with van der Waals surface area (Å²) in [5.74, 6) is 0.416. The molecule has 10 heteroatoms. The van der Waals surface area contributed by atoms with Crippen molar-refractivity contribution in [1.29, 1.82) is 0 Å². The van der Waals surface area contributed by atoms with Crippen molar-refractivity contribution >= 4 is 27.5 Å². The number of rotatable bonds is 7. The first-order valence-electron chi connectivity index (χ1n) is 8.39. The number of nitrogens with one attached hydrogen (secondary N) is 1. The van der Waals surface area contributed by atoms with Gasteiger partial charge in [-0.05, 0) is 36.4 Å². The van der Waals surface area contributed by atoms with Gasteiger partial charge in [0.25, 0.3) is 5.91 Å². The standard InChI is InChI=1S/C18H16BrN7O2/c19-14-2-4-16(5-3-14)28-13-26-11-15(10-21-26)22-18(27)17-6-9-25(23-17)12-24-8-1-7-20-24/h1-11H,12-13H2,(H,22,27). The van der Waals surface area contributed by atoms with Gasteiger partial charge in [0.1, 0.15) is 12.4 Å². The molecule has 4 aromatic rings. The lowest BCUT2D eigenvalue weighted by Gasteiger charge is -2.05. The summed E-state index contributed by atoms with van der Waals surface area (Å²) in [4.78, 5) is 12.4. The average Bonchev–Trinajstić information content (AvgIpc) is 3.44. The summed E-state index contributed by atoms with van der Waals surface area (Å²) in [7, 11) is 0. The van der Waals surface area contributed by atoms with Crippen molar-refractivity contribution in [2.75, 3.05) is 5.32 Å². The molecule has 4 rings (SSSR count). The van der Waals surface area contributed by atoms with E-state index in [1.54, 1.807) is 44.9 Å². The SMILES string of the molecule is O=C(Nc1cnn(COc2ccc(Br)cc2)c1)c1ccn(Cn2cccn2)n1. The molecule has 0 aliphatic carbocycles. The van der Waals surface area contributed by atoms with E-state index in [1.165, 1.54) is 0 Å². The summed E-state index contributed by atoms with van der Waals surface area (Å²) in [6.07, 6.45) is 8.49. The molecule has 0 aliphatic heterocycles. The summed E-state index contributed by atoms with van der Waals surface area (Å²) in [5, 5.41) is 15.3. The third-order valence-electron chi connectivity index (χ3n) is 3.79. The van der Waals surface area contributed by atoms with E-state index >= 15 is 0 Å². The van der Waals surface area contributed by atoms with Crippen LogP contribution in [0.4, 0.5) is 5.69 Å². The lowest BCUT2D eigenvalue weighted by atomic mass is 10.3. The Balaban J connectivity index is 1.32. The second kappa shape index (κ2) is 8.09. The molecule has 1 N–H and O–H groups in total. The van der Waals surface area contributed by atoms with E-state index < -0.39 is 0 Å². The number of halogens is 1. The van der Waals surface area contributed by atoms with E-state index in [-0.39, 0.29) is 12.6 Å². The highest BCUT2D eigenvalue weighted by Gasteiger charge is 2.11. The van der Waals surface area contributed by atoms with Crippen molar-refractivity contribution in [2.45, 2.75) is 13.4 Å². The van der Waals surface area contributed by atoms with E-state index in [1.807, 2.05) is 36.5 Å².